The molecule has 2 aromatic rings. The van der Waals surface area contributed by atoms with E-state index in [0.29, 0.717) is 11.1 Å². The van der Waals surface area contributed by atoms with Gasteiger partial charge in [-0.1, -0.05) is 0 Å². The number of allylic oxidation sites excluding steroid dienone is 1. The Morgan fingerprint density at radius 3 is 2.57 bits per heavy atom. The number of aliphatic imine (C=N–C) groups is 1. The highest BCUT2D eigenvalue weighted by molar-refractivity contribution is 7.97. The fourth-order valence-electron chi connectivity index (χ4n) is 2.21. The smallest absolute Gasteiger partial charge is 0.404 e. The molecule has 0 bridgehead atoms. The lowest BCUT2D eigenvalue weighted by molar-refractivity contribution is -0.138. The van der Waals surface area contributed by atoms with E-state index in [1.807, 2.05) is 0 Å². The molecule has 0 aliphatic carbocycles. The van der Waals surface area contributed by atoms with Crippen LogP contribution < -0.4 is 16.2 Å². The first kappa shape index (κ1) is 23.6. The summed E-state index contributed by atoms with van der Waals surface area (Å²) in [5.74, 6) is -0.961. The van der Waals surface area contributed by atoms with Gasteiger partial charge in [-0.05, 0) is 44.0 Å². The maximum atomic E-state index is 14.2. The molecule has 0 atom stereocenters. The van der Waals surface area contributed by atoms with E-state index in [4.69, 9.17) is 10.9 Å². The van der Waals surface area contributed by atoms with Crippen LogP contribution in [0.4, 0.5) is 29.2 Å². The van der Waals surface area contributed by atoms with Gasteiger partial charge in [0.2, 0.25) is 5.95 Å². The Balaban J connectivity index is 2.44. The Morgan fingerprint density at radius 2 is 2.03 bits per heavy atom. The van der Waals surface area contributed by atoms with E-state index in [1.54, 1.807) is 0 Å². The molecule has 0 amide bonds. The number of hydrogen-bond donors (Lipinski definition) is 4. The Bertz CT molecular complexity index is 957. The van der Waals surface area contributed by atoms with Crippen molar-refractivity contribution >= 4 is 35.4 Å². The molecule has 0 aliphatic heterocycles. The molecule has 0 saturated heterocycles. The average Bonchev–Trinajstić information content (AvgIpc) is 2.65. The van der Waals surface area contributed by atoms with Gasteiger partial charge in [0.15, 0.2) is 0 Å². The summed E-state index contributed by atoms with van der Waals surface area (Å²) in [4.78, 5) is 11.9. The van der Waals surface area contributed by atoms with E-state index in [2.05, 4.69) is 20.3 Å². The summed E-state index contributed by atoms with van der Waals surface area (Å²) < 4.78 is 54.5. The van der Waals surface area contributed by atoms with Crippen molar-refractivity contribution in [1.29, 1.82) is 0 Å². The number of aliphatic hydroxyl groups is 1. The van der Waals surface area contributed by atoms with Crippen LogP contribution in [0.3, 0.4) is 0 Å². The van der Waals surface area contributed by atoms with Gasteiger partial charge in [-0.15, -0.1) is 0 Å². The molecule has 1 aromatic heterocycles. The van der Waals surface area contributed by atoms with Gasteiger partial charge in [-0.2, -0.15) is 13.2 Å². The van der Waals surface area contributed by atoms with E-state index in [1.165, 1.54) is 26.0 Å². The van der Waals surface area contributed by atoms with Crippen LogP contribution >= 0.6 is 11.9 Å². The van der Waals surface area contributed by atoms with Gasteiger partial charge in [0.1, 0.15) is 11.4 Å². The third-order valence-electron chi connectivity index (χ3n) is 3.58. The number of nitrogens with two attached hydrogens (primary N) is 2. The molecule has 0 spiro atoms. The van der Waals surface area contributed by atoms with E-state index in [0.717, 1.165) is 30.4 Å². The van der Waals surface area contributed by atoms with E-state index >= 15 is 0 Å². The minimum Gasteiger partial charge on any atom is -0.404 e. The number of alkyl halides is 3. The Kier molecular flexibility index (Phi) is 7.39. The molecular formula is C18H20F4N6OS. The number of aromatic nitrogens is 2. The van der Waals surface area contributed by atoms with E-state index in [9.17, 15) is 22.7 Å². The highest BCUT2D eigenvalue weighted by Crippen LogP contribution is 2.34. The normalized spacial score (nSPS) is 13.1. The molecule has 0 radical (unpaired) electrons. The van der Waals surface area contributed by atoms with Gasteiger partial charge in [-0.3, -0.25) is 10.1 Å². The van der Waals surface area contributed by atoms with E-state index in [-0.39, 0.29) is 23.8 Å². The van der Waals surface area contributed by atoms with Gasteiger partial charge < -0.3 is 16.2 Å². The van der Waals surface area contributed by atoms with Crippen LogP contribution in [0.1, 0.15) is 25.1 Å². The predicted molar refractivity (Wildman–Crippen MR) is 109 cm³/mol. The van der Waals surface area contributed by atoms with Crippen molar-refractivity contribution in [2.45, 2.75) is 30.5 Å². The zero-order valence-corrected chi connectivity index (χ0v) is 16.9. The van der Waals surface area contributed by atoms with Crippen molar-refractivity contribution in [3.8, 4) is 0 Å². The summed E-state index contributed by atoms with van der Waals surface area (Å²) in [6, 6.07) is 4.04. The number of rotatable bonds is 7. The van der Waals surface area contributed by atoms with Gasteiger partial charge in [0, 0.05) is 29.1 Å². The van der Waals surface area contributed by atoms with Crippen LogP contribution in [0.25, 0.3) is 5.57 Å². The van der Waals surface area contributed by atoms with Crippen LogP contribution in [-0.4, -0.2) is 33.4 Å². The second kappa shape index (κ2) is 9.41. The second-order valence-corrected chi connectivity index (χ2v) is 7.45. The summed E-state index contributed by atoms with van der Waals surface area (Å²) >= 11 is 0.843. The molecule has 2 rings (SSSR count). The molecule has 12 heteroatoms. The van der Waals surface area contributed by atoms with Crippen molar-refractivity contribution in [2.75, 3.05) is 11.9 Å². The van der Waals surface area contributed by atoms with Crippen molar-refractivity contribution in [2.24, 2.45) is 15.9 Å². The zero-order valence-electron chi connectivity index (χ0n) is 16.0. The first-order chi connectivity index (χ1) is 13.9. The molecule has 0 unspecified atom stereocenters. The minimum atomic E-state index is -4.77. The van der Waals surface area contributed by atoms with Crippen LogP contribution in [0.15, 0.2) is 40.5 Å². The SMILES string of the molecule is CC(C)(O)CN=C/C(=C\N)c1nc(Nc2ccc(SN)cc2F)ncc1C(F)(F)F. The fourth-order valence-corrected chi connectivity index (χ4v) is 2.53. The maximum absolute atomic E-state index is 14.2. The van der Waals surface area contributed by atoms with E-state index < -0.39 is 28.9 Å². The molecule has 6 N–H and O–H groups in total. The molecule has 0 aliphatic rings. The lowest BCUT2D eigenvalue weighted by Crippen LogP contribution is -2.22. The summed E-state index contributed by atoms with van der Waals surface area (Å²) in [5.41, 5.74) is 2.44. The topological polar surface area (TPSA) is 122 Å². The first-order valence-corrected chi connectivity index (χ1v) is 9.34. The van der Waals surface area contributed by atoms with Crippen molar-refractivity contribution in [3.05, 3.63) is 47.7 Å². The molecular weight excluding hydrogens is 424 g/mol. The molecule has 162 valence electrons. The number of nitrogens with zero attached hydrogens (tertiary/aromatic N) is 3. The van der Waals surface area contributed by atoms with Gasteiger partial charge in [0.25, 0.3) is 0 Å². The van der Waals surface area contributed by atoms with Crippen LogP contribution in [-0.2, 0) is 6.18 Å². The Morgan fingerprint density at radius 1 is 1.33 bits per heavy atom. The average molecular weight is 444 g/mol. The second-order valence-electron chi connectivity index (χ2n) is 6.74. The molecule has 1 heterocycles. The molecule has 0 fully saturated rings. The zero-order chi connectivity index (χ0) is 22.5. The summed E-state index contributed by atoms with van der Waals surface area (Å²) in [6.07, 6.45) is -2.21. The minimum absolute atomic E-state index is 0.0486. The van der Waals surface area contributed by atoms with Crippen LogP contribution in [0.2, 0.25) is 0 Å². The maximum Gasteiger partial charge on any atom is 0.419 e. The van der Waals surface area contributed by atoms with Gasteiger partial charge in [-0.25, -0.2) is 14.4 Å². The largest absolute Gasteiger partial charge is 0.419 e. The van der Waals surface area contributed by atoms with Crippen molar-refractivity contribution < 1.29 is 22.7 Å². The Hall–Kier alpha value is -2.70. The number of halogens is 4. The first-order valence-electron chi connectivity index (χ1n) is 8.46. The summed E-state index contributed by atoms with van der Waals surface area (Å²) in [7, 11) is 0. The predicted octanol–water partition coefficient (Wildman–Crippen LogP) is 3.49. The summed E-state index contributed by atoms with van der Waals surface area (Å²) in [5, 5.41) is 17.6. The molecule has 0 saturated carbocycles. The van der Waals surface area contributed by atoms with Crippen molar-refractivity contribution in [3.63, 3.8) is 0 Å². The molecule has 1 aromatic carbocycles. The third kappa shape index (κ3) is 6.40. The van der Waals surface area contributed by atoms with Gasteiger partial charge >= 0.3 is 6.18 Å². The van der Waals surface area contributed by atoms with Crippen molar-refractivity contribution in [1.82, 2.24) is 9.97 Å². The standard InChI is InChI=1S/C18H20F4N6OS/c1-17(2,29)9-25-7-10(6-23)15-12(18(20,21)22)8-26-16(28-15)27-14-4-3-11(30-24)5-13(14)19/h3-8,29H,9,23-24H2,1-2H3,(H,26,27,28)/b10-6+,25-7?. The Labute approximate surface area is 174 Å². The van der Waals surface area contributed by atoms with Crippen LogP contribution in [0.5, 0.6) is 0 Å². The monoisotopic (exact) mass is 444 g/mol. The molecule has 7 nitrogen and oxygen atoms in total. The van der Waals surface area contributed by atoms with Crippen LogP contribution in [0, 0.1) is 5.82 Å². The highest BCUT2D eigenvalue weighted by atomic mass is 32.2. The number of anilines is 2. The lowest BCUT2D eigenvalue weighted by Gasteiger charge is -2.15. The summed E-state index contributed by atoms with van der Waals surface area (Å²) in [6.45, 7) is 2.92. The fraction of sp³-hybridized carbons (Fsp3) is 0.278. The number of benzene rings is 1. The highest BCUT2D eigenvalue weighted by Gasteiger charge is 2.36. The molecule has 30 heavy (non-hydrogen) atoms. The number of hydrogen-bond acceptors (Lipinski definition) is 8. The lowest BCUT2D eigenvalue weighted by atomic mass is 10.1. The van der Waals surface area contributed by atoms with Gasteiger partial charge in [0.05, 0.1) is 23.5 Å². The third-order valence-corrected chi connectivity index (χ3v) is 4.10. The number of nitrogens with one attached hydrogen (secondary N) is 1. The quantitative estimate of drug-likeness (QED) is 0.293.